The molecule has 0 fully saturated rings. The molecule has 1 heterocycles. The highest BCUT2D eigenvalue weighted by molar-refractivity contribution is 5.82. The molecule has 0 spiro atoms. The van der Waals surface area contributed by atoms with Crippen LogP contribution in [0.5, 0.6) is 0 Å². The number of carboxylic acid groups (broad SMARTS) is 1. The van der Waals surface area contributed by atoms with Crippen LogP contribution in [0.1, 0.15) is 18.9 Å². The largest absolute Gasteiger partial charge is 0.481 e. The monoisotopic (exact) mass is 260 g/mol. The number of carbonyl (C=O) groups is 1. The van der Waals surface area contributed by atoms with Gasteiger partial charge in [0.25, 0.3) is 0 Å². The van der Waals surface area contributed by atoms with Crippen molar-refractivity contribution >= 4 is 16.9 Å². The topological polar surface area (TPSA) is 56.3 Å². The number of nitrogens with one attached hydrogen (secondary N) is 1. The zero-order valence-corrected chi connectivity index (χ0v) is 11.4. The second-order valence-electron chi connectivity index (χ2n) is 5.00. The number of carboxylic acids is 1. The van der Waals surface area contributed by atoms with E-state index >= 15 is 0 Å². The van der Waals surface area contributed by atoms with E-state index in [9.17, 15) is 4.79 Å². The summed E-state index contributed by atoms with van der Waals surface area (Å²) in [5, 5.41) is 10.3. The SMILES string of the molecule is CCC(CN(C)Cc1c[nH]c2ccccc12)C(=O)O. The summed E-state index contributed by atoms with van der Waals surface area (Å²) in [5.74, 6) is -1.01. The number of rotatable bonds is 6. The van der Waals surface area contributed by atoms with E-state index in [0.717, 1.165) is 12.1 Å². The van der Waals surface area contributed by atoms with E-state index in [2.05, 4.69) is 16.0 Å². The minimum absolute atomic E-state index is 0.296. The molecule has 0 radical (unpaired) electrons. The van der Waals surface area contributed by atoms with Crippen LogP contribution in [-0.4, -0.2) is 34.6 Å². The van der Waals surface area contributed by atoms with E-state index in [1.807, 2.05) is 38.4 Å². The molecule has 0 bridgehead atoms. The highest BCUT2D eigenvalue weighted by Crippen LogP contribution is 2.19. The van der Waals surface area contributed by atoms with Crippen molar-refractivity contribution in [3.63, 3.8) is 0 Å². The van der Waals surface area contributed by atoms with E-state index in [1.165, 1.54) is 10.9 Å². The summed E-state index contributed by atoms with van der Waals surface area (Å²) in [6, 6.07) is 8.16. The van der Waals surface area contributed by atoms with Crippen molar-refractivity contribution in [2.75, 3.05) is 13.6 Å². The molecule has 0 aliphatic heterocycles. The third-order valence-electron chi connectivity index (χ3n) is 3.49. The molecule has 102 valence electrons. The van der Waals surface area contributed by atoms with Gasteiger partial charge >= 0.3 is 5.97 Å². The van der Waals surface area contributed by atoms with Crippen molar-refractivity contribution < 1.29 is 9.90 Å². The molecule has 0 saturated heterocycles. The van der Waals surface area contributed by atoms with Crippen molar-refractivity contribution in [3.8, 4) is 0 Å². The maximum Gasteiger partial charge on any atom is 0.307 e. The first-order chi connectivity index (χ1) is 9.11. The Morgan fingerprint density at radius 1 is 1.42 bits per heavy atom. The molecular weight excluding hydrogens is 240 g/mol. The van der Waals surface area contributed by atoms with Crippen LogP contribution in [0.15, 0.2) is 30.5 Å². The zero-order chi connectivity index (χ0) is 13.8. The molecule has 19 heavy (non-hydrogen) atoms. The fourth-order valence-corrected chi connectivity index (χ4v) is 2.38. The highest BCUT2D eigenvalue weighted by Gasteiger charge is 2.17. The van der Waals surface area contributed by atoms with Gasteiger partial charge < -0.3 is 15.0 Å². The van der Waals surface area contributed by atoms with Crippen molar-refractivity contribution in [3.05, 3.63) is 36.0 Å². The number of aliphatic carboxylic acids is 1. The average Bonchev–Trinajstić information content (AvgIpc) is 2.79. The van der Waals surface area contributed by atoms with Gasteiger partial charge in [-0.15, -0.1) is 0 Å². The third kappa shape index (κ3) is 3.15. The van der Waals surface area contributed by atoms with Crippen LogP contribution in [0.2, 0.25) is 0 Å². The summed E-state index contributed by atoms with van der Waals surface area (Å²) in [7, 11) is 1.97. The Kier molecular flexibility index (Phi) is 4.22. The highest BCUT2D eigenvalue weighted by atomic mass is 16.4. The maximum absolute atomic E-state index is 11.0. The lowest BCUT2D eigenvalue weighted by molar-refractivity contribution is -0.142. The van der Waals surface area contributed by atoms with E-state index in [1.54, 1.807) is 0 Å². The van der Waals surface area contributed by atoms with E-state index < -0.39 is 5.97 Å². The lowest BCUT2D eigenvalue weighted by atomic mass is 10.1. The number of H-pyrrole nitrogens is 1. The van der Waals surface area contributed by atoms with Gasteiger partial charge in [-0.25, -0.2) is 0 Å². The first-order valence-electron chi connectivity index (χ1n) is 6.58. The minimum Gasteiger partial charge on any atom is -0.481 e. The first-order valence-corrected chi connectivity index (χ1v) is 6.58. The molecule has 2 N–H and O–H groups in total. The van der Waals surface area contributed by atoms with Crippen LogP contribution in [0.4, 0.5) is 0 Å². The third-order valence-corrected chi connectivity index (χ3v) is 3.49. The van der Waals surface area contributed by atoms with Gasteiger partial charge in [-0.1, -0.05) is 25.1 Å². The molecule has 0 amide bonds. The quantitative estimate of drug-likeness (QED) is 0.839. The molecule has 4 heteroatoms. The number of nitrogens with zero attached hydrogens (tertiary/aromatic N) is 1. The Labute approximate surface area is 113 Å². The van der Waals surface area contributed by atoms with Crippen LogP contribution in [-0.2, 0) is 11.3 Å². The second kappa shape index (κ2) is 5.89. The molecule has 2 aromatic rings. The zero-order valence-electron chi connectivity index (χ0n) is 11.4. The standard InChI is InChI=1S/C15H20N2O2/c1-3-11(15(18)19)9-17(2)10-12-8-16-14-7-5-4-6-13(12)14/h4-8,11,16H,3,9-10H2,1-2H3,(H,18,19). The van der Waals surface area contributed by atoms with Gasteiger partial charge in [-0.05, 0) is 25.1 Å². The molecule has 2 rings (SSSR count). The fraction of sp³-hybridized carbons (Fsp3) is 0.400. The molecule has 0 aliphatic rings. The van der Waals surface area contributed by atoms with Crippen LogP contribution < -0.4 is 0 Å². The molecule has 1 aromatic heterocycles. The van der Waals surface area contributed by atoms with Gasteiger partial charge in [0.2, 0.25) is 0 Å². The Balaban J connectivity index is 2.06. The summed E-state index contributed by atoms with van der Waals surface area (Å²) < 4.78 is 0. The second-order valence-corrected chi connectivity index (χ2v) is 5.00. The van der Waals surface area contributed by atoms with Crippen LogP contribution in [0.25, 0.3) is 10.9 Å². The van der Waals surface area contributed by atoms with Gasteiger partial charge in [-0.2, -0.15) is 0 Å². The summed E-state index contributed by atoms with van der Waals surface area (Å²) >= 11 is 0. The average molecular weight is 260 g/mol. The lowest BCUT2D eigenvalue weighted by Crippen LogP contribution is -2.29. The number of aromatic amines is 1. The molecule has 1 aromatic carbocycles. The molecule has 1 atom stereocenters. The summed E-state index contributed by atoms with van der Waals surface area (Å²) in [6.07, 6.45) is 2.66. The molecular formula is C15H20N2O2. The molecule has 4 nitrogen and oxygen atoms in total. The van der Waals surface area contributed by atoms with Gasteiger partial charge in [0.1, 0.15) is 0 Å². The van der Waals surface area contributed by atoms with Crippen LogP contribution in [0.3, 0.4) is 0 Å². The van der Waals surface area contributed by atoms with Crippen molar-refractivity contribution in [1.82, 2.24) is 9.88 Å². The number of aromatic nitrogens is 1. The molecule has 1 unspecified atom stereocenters. The van der Waals surface area contributed by atoms with E-state index in [-0.39, 0.29) is 5.92 Å². The fourth-order valence-electron chi connectivity index (χ4n) is 2.38. The van der Waals surface area contributed by atoms with Gasteiger partial charge in [0.15, 0.2) is 0 Å². The summed E-state index contributed by atoms with van der Waals surface area (Å²) in [5.41, 5.74) is 2.33. The lowest BCUT2D eigenvalue weighted by Gasteiger charge is -2.20. The van der Waals surface area contributed by atoms with Crippen LogP contribution in [0, 0.1) is 5.92 Å². The maximum atomic E-state index is 11.0. The van der Waals surface area contributed by atoms with Gasteiger partial charge in [-0.3, -0.25) is 4.79 Å². The van der Waals surface area contributed by atoms with Crippen molar-refractivity contribution in [2.45, 2.75) is 19.9 Å². The first kappa shape index (κ1) is 13.6. The summed E-state index contributed by atoms with van der Waals surface area (Å²) in [4.78, 5) is 16.4. The van der Waals surface area contributed by atoms with E-state index in [4.69, 9.17) is 5.11 Å². The van der Waals surface area contributed by atoms with Gasteiger partial charge in [0.05, 0.1) is 5.92 Å². The Hall–Kier alpha value is -1.81. The minimum atomic E-state index is -0.715. The number of hydrogen-bond donors (Lipinski definition) is 2. The Bertz CT molecular complexity index is 562. The number of benzene rings is 1. The number of fused-ring (bicyclic) bond motifs is 1. The predicted molar refractivity (Wildman–Crippen MR) is 76.0 cm³/mol. The molecule has 0 aliphatic carbocycles. The number of hydrogen-bond acceptors (Lipinski definition) is 2. The predicted octanol–water partition coefficient (Wildman–Crippen LogP) is 2.71. The molecule has 0 saturated carbocycles. The summed E-state index contributed by atoms with van der Waals surface area (Å²) in [6.45, 7) is 3.25. The normalized spacial score (nSPS) is 13.0. The van der Waals surface area contributed by atoms with Crippen LogP contribution >= 0.6 is 0 Å². The van der Waals surface area contributed by atoms with Gasteiger partial charge in [0, 0.05) is 30.2 Å². The van der Waals surface area contributed by atoms with Crippen molar-refractivity contribution in [1.29, 1.82) is 0 Å². The number of para-hydroxylation sites is 1. The van der Waals surface area contributed by atoms with E-state index in [0.29, 0.717) is 13.0 Å². The smallest absolute Gasteiger partial charge is 0.307 e. The Morgan fingerprint density at radius 3 is 2.84 bits per heavy atom. The van der Waals surface area contributed by atoms with Crippen molar-refractivity contribution in [2.24, 2.45) is 5.92 Å². The Morgan fingerprint density at radius 2 is 2.16 bits per heavy atom.